The molecule has 2 heterocycles. The van der Waals surface area contributed by atoms with Gasteiger partial charge in [-0.3, -0.25) is 0 Å². The minimum atomic E-state index is 0.0891. The molecule has 0 amide bonds. The lowest BCUT2D eigenvalue weighted by Crippen LogP contribution is -2.26. The van der Waals surface area contributed by atoms with Crippen molar-refractivity contribution in [1.82, 2.24) is 0 Å². The van der Waals surface area contributed by atoms with Gasteiger partial charge in [0, 0.05) is 11.8 Å². The van der Waals surface area contributed by atoms with Crippen LogP contribution in [0.1, 0.15) is 12.8 Å². The third-order valence-electron chi connectivity index (χ3n) is 2.82. The van der Waals surface area contributed by atoms with Crippen LogP contribution in [0.3, 0.4) is 0 Å². The van der Waals surface area contributed by atoms with Crippen LogP contribution in [0.25, 0.3) is 0 Å². The summed E-state index contributed by atoms with van der Waals surface area (Å²) in [6, 6.07) is 0. The van der Waals surface area contributed by atoms with E-state index < -0.39 is 0 Å². The third-order valence-corrected chi connectivity index (χ3v) is 2.82. The highest BCUT2D eigenvalue weighted by molar-refractivity contribution is 5.57. The second-order valence-electron chi connectivity index (χ2n) is 3.32. The van der Waals surface area contributed by atoms with Crippen LogP contribution in [0.2, 0.25) is 0 Å². The lowest BCUT2D eigenvalue weighted by Gasteiger charge is -2.19. The Hall–Kier alpha value is -0.630. The molecule has 2 rings (SSSR count). The van der Waals surface area contributed by atoms with Crippen molar-refractivity contribution in [2.24, 2.45) is 11.8 Å². The molecular weight excluding hydrogens is 140 g/mol. The first kappa shape index (κ1) is 7.04. The molecule has 4 atom stereocenters. The van der Waals surface area contributed by atoms with Crippen molar-refractivity contribution in [3.63, 3.8) is 0 Å². The summed E-state index contributed by atoms with van der Waals surface area (Å²) in [6.07, 6.45) is 5.52. The summed E-state index contributed by atoms with van der Waals surface area (Å²) >= 11 is 0. The zero-order valence-electron chi connectivity index (χ0n) is 6.40. The fourth-order valence-corrected chi connectivity index (χ4v) is 2.24. The molecule has 0 saturated carbocycles. The number of fused-ring (bicyclic) bond motifs is 2. The zero-order chi connectivity index (χ0) is 7.84. The van der Waals surface area contributed by atoms with Gasteiger partial charge >= 0.3 is 0 Å². The molecule has 0 radical (unpaired) electrons. The predicted molar refractivity (Wildman–Crippen MR) is 41.1 cm³/mol. The van der Waals surface area contributed by atoms with E-state index in [1.807, 2.05) is 6.08 Å². The number of aldehydes is 1. The molecule has 0 aromatic heterocycles. The van der Waals surface area contributed by atoms with Crippen LogP contribution in [0.15, 0.2) is 12.7 Å². The summed E-state index contributed by atoms with van der Waals surface area (Å²) in [7, 11) is 0. The fourth-order valence-electron chi connectivity index (χ4n) is 2.24. The Balaban J connectivity index is 2.19. The van der Waals surface area contributed by atoms with Crippen LogP contribution in [-0.2, 0) is 9.53 Å². The number of ether oxygens (including phenoxy) is 1. The summed E-state index contributed by atoms with van der Waals surface area (Å²) < 4.78 is 5.58. The zero-order valence-corrected chi connectivity index (χ0v) is 6.40. The molecule has 2 aliphatic rings. The summed E-state index contributed by atoms with van der Waals surface area (Å²) in [5, 5.41) is 0. The van der Waals surface area contributed by atoms with Gasteiger partial charge < -0.3 is 9.53 Å². The standard InChI is InChI=1S/C9H12O2/c1-2-6-7(5-10)9-4-3-8(6)11-9/h2,5-9H,1,3-4H2/t6-,7-,8+,9-/m0/s1. The average Bonchev–Trinajstić information content (AvgIpc) is 2.60. The van der Waals surface area contributed by atoms with Crippen LogP contribution in [0, 0.1) is 11.8 Å². The van der Waals surface area contributed by atoms with Crippen LogP contribution in [0.4, 0.5) is 0 Å². The molecule has 0 N–H and O–H groups in total. The Labute approximate surface area is 66.2 Å². The molecule has 11 heavy (non-hydrogen) atoms. The second-order valence-corrected chi connectivity index (χ2v) is 3.32. The van der Waals surface area contributed by atoms with Gasteiger partial charge in [-0.2, -0.15) is 0 Å². The van der Waals surface area contributed by atoms with Crippen molar-refractivity contribution in [3.05, 3.63) is 12.7 Å². The number of rotatable bonds is 2. The van der Waals surface area contributed by atoms with Crippen LogP contribution in [0.5, 0.6) is 0 Å². The molecule has 2 aliphatic heterocycles. The average molecular weight is 152 g/mol. The lowest BCUT2D eigenvalue weighted by atomic mass is 9.80. The van der Waals surface area contributed by atoms with E-state index in [-0.39, 0.29) is 24.0 Å². The van der Waals surface area contributed by atoms with Gasteiger partial charge in [-0.25, -0.2) is 0 Å². The van der Waals surface area contributed by atoms with Crippen molar-refractivity contribution in [2.75, 3.05) is 0 Å². The van der Waals surface area contributed by atoms with Gasteiger partial charge in [-0.1, -0.05) is 6.08 Å². The molecule has 0 unspecified atom stereocenters. The highest BCUT2D eigenvalue weighted by Crippen LogP contribution is 2.42. The number of hydrogen-bond acceptors (Lipinski definition) is 2. The van der Waals surface area contributed by atoms with Crippen molar-refractivity contribution in [1.29, 1.82) is 0 Å². The molecule has 2 nitrogen and oxygen atoms in total. The van der Waals surface area contributed by atoms with Gasteiger partial charge in [0.05, 0.1) is 12.2 Å². The van der Waals surface area contributed by atoms with E-state index in [9.17, 15) is 4.79 Å². The van der Waals surface area contributed by atoms with E-state index in [2.05, 4.69) is 6.58 Å². The maximum atomic E-state index is 10.6. The molecule has 0 aliphatic carbocycles. The minimum Gasteiger partial charge on any atom is -0.374 e. The Kier molecular flexibility index (Phi) is 1.57. The van der Waals surface area contributed by atoms with Gasteiger partial charge in [-0.05, 0) is 12.8 Å². The maximum absolute atomic E-state index is 10.6. The van der Waals surface area contributed by atoms with E-state index >= 15 is 0 Å². The monoisotopic (exact) mass is 152 g/mol. The van der Waals surface area contributed by atoms with Gasteiger partial charge in [-0.15, -0.1) is 6.58 Å². The van der Waals surface area contributed by atoms with E-state index in [1.165, 1.54) is 0 Å². The Morgan fingerprint density at radius 1 is 1.27 bits per heavy atom. The summed E-state index contributed by atoms with van der Waals surface area (Å²) in [6.45, 7) is 3.72. The topological polar surface area (TPSA) is 26.3 Å². The lowest BCUT2D eigenvalue weighted by molar-refractivity contribution is -0.113. The number of carbonyl (C=O) groups excluding carboxylic acids is 1. The molecular formula is C9H12O2. The third kappa shape index (κ3) is 0.857. The van der Waals surface area contributed by atoms with Gasteiger partial charge in [0.15, 0.2) is 0 Å². The first-order chi connectivity index (χ1) is 5.36. The van der Waals surface area contributed by atoms with Crippen LogP contribution < -0.4 is 0 Å². The molecule has 0 aromatic rings. The van der Waals surface area contributed by atoms with Gasteiger partial charge in [0.1, 0.15) is 6.29 Å². The van der Waals surface area contributed by atoms with Crippen molar-refractivity contribution in [3.8, 4) is 0 Å². The summed E-state index contributed by atoms with van der Waals surface area (Å²) in [5.41, 5.74) is 0. The molecule has 60 valence electrons. The quantitative estimate of drug-likeness (QED) is 0.438. The number of hydrogen-bond donors (Lipinski definition) is 0. The highest BCUT2D eigenvalue weighted by Gasteiger charge is 2.47. The maximum Gasteiger partial charge on any atom is 0.126 e. The second kappa shape index (κ2) is 2.45. The van der Waals surface area contributed by atoms with Gasteiger partial charge in [0.25, 0.3) is 0 Å². The molecule has 2 saturated heterocycles. The Morgan fingerprint density at radius 3 is 2.36 bits per heavy atom. The molecule has 2 heteroatoms. The minimum absolute atomic E-state index is 0.0891. The van der Waals surface area contributed by atoms with E-state index in [0.29, 0.717) is 0 Å². The van der Waals surface area contributed by atoms with Crippen molar-refractivity contribution < 1.29 is 9.53 Å². The summed E-state index contributed by atoms with van der Waals surface area (Å²) in [4.78, 5) is 10.6. The Morgan fingerprint density at radius 2 is 1.91 bits per heavy atom. The predicted octanol–water partition coefficient (Wildman–Crippen LogP) is 1.16. The van der Waals surface area contributed by atoms with E-state index in [0.717, 1.165) is 19.1 Å². The van der Waals surface area contributed by atoms with E-state index in [4.69, 9.17) is 4.74 Å². The van der Waals surface area contributed by atoms with Gasteiger partial charge in [0.2, 0.25) is 0 Å². The molecule has 2 fully saturated rings. The highest BCUT2D eigenvalue weighted by atomic mass is 16.5. The molecule has 0 spiro atoms. The van der Waals surface area contributed by atoms with Crippen LogP contribution >= 0.6 is 0 Å². The largest absolute Gasteiger partial charge is 0.374 e. The fraction of sp³-hybridized carbons (Fsp3) is 0.667. The normalized spacial score (nSPS) is 47.6. The first-order valence-corrected chi connectivity index (χ1v) is 4.10. The van der Waals surface area contributed by atoms with Crippen molar-refractivity contribution in [2.45, 2.75) is 25.0 Å². The smallest absolute Gasteiger partial charge is 0.126 e. The number of carbonyl (C=O) groups is 1. The summed E-state index contributed by atoms with van der Waals surface area (Å²) in [5.74, 6) is 0.373. The van der Waals surface area contributed by atoms with Crippen LogP contribution in [-0.4, -0.2) is 18.5 Å². The molecule has 2 bridgehead atoms. The SMILES string of the molecule is C=C[C@H]1[C@H](C=O)[C@@H]2CC[C@H]1O2. The Bertz CT molecular complexity index is 168. The molecule has 0 aromatic carbocycles. The first-order valence-electron chi connectivity index (χ1n) is 4.10. The van der Waals surface area contributed by atoms with Crippen molar-refractivity contribution >= 4 is 6.29 Å². The van der Waals surface area contributed by atoms with E-state index in [1.54, 1.807) is 0 Å².